The highest BCUT2D eigenvalue weighted by atomic mass is 35.5. The van der Waals surface area contributed by atoms with Crippen molar-refractivity contribution in [1.29, 1.82) is 0 Å². The molecule has 2 nitrogen and oxygen atoms in total. The van der Waals surface area contributed by atoms with Crippen LogP contribution in [-0.2, 0) is 4.94 Å². The number of hydrogen-bond donors (Lipinski definition) is 0. The van der Waals surface area contributed by atoms with E-state index in [-0.39, 0.29) is 19.0 Å². The first-order valence-corrected chi connectivity index (χ1v) is 2.60. The van der Waals surface area contributed by atoms with Crippen molar-refractivity contribution in [3.8, 4) is 0 Å². The van der Waals surface area contributed by atoms with Crippen molar-refractivity contribution in [2.75, 3.05) is 34.3 Å². The Morgan fingerprint density at radius 2 is 1.78 bits per heavy atom. The van der Waals surface area contributed by atoms with E-state index >= 15 is 0 Å². The molecule has 0 rings (SSSR count). The molecule has 0 radical (unpaired) electrons. The Morgan fingerprint density at radius 1 is 1.33 bits per heavy atom. The molecule has 0 saturated heterocycles. The third kappa shape index (κ3) is 11.6. The molecular weight excluding hydrogens is 145 g/mol. The van der Waals surface area contributed by atoms with Crippen molar-refractivity contribution in [2.45, 2.75) is 0 Å². The predicted octanol–water partition coefficient (Wildman–Crippen LogP) is -2.40. The average molecular weight is 158 g/mol. The standard InChI is InChI=1S/C5H13FNO.ClH/c1-7(2,3)4-5-8-6;/h4-5H2,1-3H3;1H/q+1;/p-1. The van der Waals surface area contributed by atoms with Crippen LogP contribution in [0.1, 0.15) is 0 Å². The van der Waals surface area contributed by atoms with Crippen molar-refractivity contribution in [2.24, 2.45) is 0 Å². The molecule has 0 atom stereocenters. The summed E-state index contributed by atoms with van der Waals surface area (Å²) in [7, 11) is 5.96. The van der Waals surface area contributed by atoms with E-state index in [1.54, 1.807) is 0 Å². The van der Waals surface area contributed by atoms with E-state index in [4.69, 9.17) is 0 Å². The molecule has 0 unspecified atom stereocenters. The smallest absolute Gasteiger partial charge is 0.136 e. The molecule has 0 spiro atoms. The van der Waals surface area contributed by atoms with Gasteiger partial charge in [-0.05, 0) is 4.53 Å². The maximum Gasteiger partial charge on any atom is 0.136 e. The summed E-state index contributed by atoms with van der Waals surface area (Å²) in [6, 6.07) is 0. The number of hydrogen-bond acceptors (Lipinski definition) is 1. The summed E-state index contributed by atoms with van der Waals surface area (Å²) in [6.45, 7) is 0.889. The van der Waals surface area contributed by atoms with E-state index in [0.29, 0.717) is 6.54 Å². The highest BCUT2D eigenvalue weighted by molar-refractivity contribution is 4.21. The summed E-state index contributed by atoms with van der Waals surface area (Å²) in [6.07, 6.45) is 0. The zero-order valence-corrected chi connectivity index (χ0v) is 6.78. The zero-order valence-electron chi connectivity index (χ0n) is 6.03. The molecule has 0 aliphatic carbocycles. The maximum absolute atomic E-state index is 11.0. The lowest BCUT2D eigenvalue weighted by atomic mass is 10.5. The van der Waals surface area contributed by atoms with Crippen LogP contribution in [0.25, 0.3) is 0 Å². The fourth-order valence-corrected chi connectivity index (χ4v) is 0.308. The Balaban J connectivity index is 0. The Bertz CT molecular complexity index is 64.5. The first kappa shape index (κ1) is 11.9. The van der Waals surface area contributed by atoms with Crippen LogP contribution >= 0.6 is 0 Å². The third-order valence-corrected chi connectivity index (χ3v) is 0.839. The van der Waals surface area contributed by atoms with E-state index in [0.717, 1.165) is 4.48 Å². The first-order chi connectivity index (χ1) is 3.56. The zero-order chi connectivity index (χ0) is 6.62. The normalized spacial score (nSPS) is 10.7. The molecule has 9 heavy (non-hydrogen) atoms. The summed E-state index contributed by atoms with van der Waals surface area (Å²) < 4.78 is 11.8. The number of rotatable bonds is 3. The summed E-state index contributed by atoms with van der Waals surface area (Å²) in [5, 5.41) is 0. The lowest BCUT2D eigenvalue weighted by molar-refractivity contribution is -0.871. The van der Waals surface area contributed by atoms with Gasteiger partial charge in [-0.15, -0.1) is 0 Å². The van der Waals surface area contributed by atoms with Gasteiger partial charge in [-0.2, -0.15) is 4.94 Å². The molecule has 0 heterocycles. The molecule has 0 amide bonds. The number of halogens is 2. The molecule has 0 aromatic heterocycles. The monoisotopic (exact) mass is 157 g/mol. The minimum Gasteiger partial charge on any atom is -1.00 e. The average Bonchev–Trinajstić information content (AvgIpc) is 1.59. The summed E-state index contributed by atoms with van der Waals surface area (Å²) in [5.74, 6) is 0. The van der Waals surface area contributed by atoms with Crippen LogP contribution in [0.4, 0.5) is 4.53 Å². The lowest BCUT2D eigenvalue weighted by Crippen LogP contribution is -3.00. The molecule has 58 valence electrons. The van der Waals surface area contributed by atoms with Crippen LogP contribution in [0.15, 0.2) is 0 Å². The second kappa shape index (κ2) is 4.97. The highest BCUT2D eigenvalue weighted by Gasteiger charge is 2.04. The van der Waals surface area contributed by atoms with Crippen LogP contribution in [0.3, 0.4) is 0 Å². The van der Waals surface area contributed by atoms with E-state index < -0.39 is 0 Å². The number of nitrogens with zero attached hydrogens (tertiary/aromatic N) is 1. The SMILES string of the molecule is C[N+](C)(C)CCOF.[Cl-]. The van der Waals surface area contributed by atoms with Gasteiger partial charge >= 0.3 is 0 Å². The Morgan fingerprint density at radius 3 is 1.89 bits per heavy atom. The quantitative estimate of drug-likeness (QED) is 0.415. The largest absolute Gasteiger partial charge is 1.00 e. The second-order valence-corrected chi connectivity index (χ2v) is 2.83. The molecule has 0 N–H and O–H groups in total. The fraction of sp³-hybridized carbons (Fsp3) is 1.00. The summed E-state index contributed by atoms with van der Waals surface area (Å²) in [5.41, 5.74) is 0. The molecule has 0 aromatic carbocycles. The van der Waals surface area contributed by atoms with Gasteiger partial charge in [-0.3, -0.25) is 0 Å². The molecular formula is C5H13ClFNO. The Hall–Kier alpha value is 0.140. The van der Waals surface area contributed by atoms with Crippen molar-refractivity contribution >= 4 is 0 Å². The maximum atomic E-state index is 11.0. The van der Waals surface area contributed by atoms with Gasteiger partial charge in [0.15, 0.2) is 0 Å². The van der Waals surface area contributed by atoms with Gasteiger partial charge in [0.2, 0.25) is 0 Å². The molecule has 0 fully saturated rings. The fourth-order valence-electron chi connectivity index (χ4n) is 0.308. The summed E-state index contributed by atoms with van der Waals surface area (Å²) >= 11 is 0. The Kier molecular flexibility index (Phi) is 6.56. The van der Waals surface area contributed by atoms with Crippen LogP contribution < -0.4 is 12.4 Å². The van der Waals surface area contributed by atoms with E-state index in [1.807, 2.05) is 21.1 Å². The topological polar surface area (TPSA) is 9.23 Å². The van der Waals surface area contributed by atoms with Crippen LogP contribution in [0.5, 0.6) is 0 Å². The third-order valence-electron chi connectivity index (χ3n) is 0.839. The van der Waals surface area contributed by atoms with Crippen molar-refractivity contribution in [3.63, 3.8) is 0 Å². The number of likely N-dealkylation sites (N-methyl/N-ethyl adjacent to an activating group) is 1. The van der Waals surface area contributed by atoms with Gasteiger partial charge in [0.1, 0.15) is 13.2 Å². The minimum absolute atomic E-state index is 0. The molecule has 0 saturated carbocycles. The van der Waals surface area contributed by atoms with Gasteiger partial charge in [0.25, 0.3) is 0 Å². The van der Waals surface area contributed by atoms with E-state index in [2.05, 4.69) is 4.94 Å². The highest BCUT2D eigenvalue weighted by Crippen LogP contribution is 1.88. The lowest BCUT2D eigenvalue weighted by Gasteiger charge is -2.22. The van der Waals surface area contributed by atoms with Gasteiger partial charge < -0.3 is 16.9 Å². The minimum atomic E-state index is 0. The molecule has 0 bridgehead atoms. The molecule has 0 aromatic rings. The first-order valence-electron chi connectivity index (χ1n) is 2.60. The summed E-state index contributed by atoms with van der Waals surface area (Å²) in [4.78, 5) is 3.40. The second-order valence-electron chi connectivity index (χ2n) is 2.83. The van der Waals surface area contributed by atoms with Gasteiger partial charge in [-0.1, -0.05) is 0 Å². The van der Waals surface area contributed by atoms with E-state index in [1.165, 1.54) is 0 Å². The van der Waals surface area contributed by atoms with Gasteiger partial charge in [0.05, 0.1) is 21.1 Å². The van der Waals surface area contributed by atoms with Crippen LogP contribution in [0.2, 0.25) is 0 Å². The molecule has 0 aliphatic rings. The van der Waals surface area contributed by atoms with E-state index in [9.17, 15) is 4.53 Å². The van der Waals surface area contributed by atoms with Crippen LogP contribution in [0, 0.1) is 0 Å². The Labute approximate surface area is 61.5 Å². The predicted molar refractivity (Wildman–Crippen MR) is 30.0 cm³/mol. The van der Waals surface area contributed by atoms with Crippen LogP contribution in [-0.4, -0.2) is 38.8 Å². The number of quaternary nitrogens is 1. The van der Waals surface area contributed by atoms with Gasteiger partial charge in [-0.25, -0.2) is 0 Å². The van der Waals surface area contributed by atoms with Crippen molar-refractivity contribution in [3.05, 3.63) is 0 Å². The molecule has 0 aliphatic heterocycles. The van der Waals surface area contributed by atoms with Crippen molar-refractivity contribution < 1.29 is 26.4 Å². The van der Waals surface area contributed by atoms with Gasteiger partial charge in [0, 0.05) is 0 Å². The molecule has 4 heteroatoms. The van der Waals surface area contributed by atoms with Crippen molar-refractivity contribution in [1.82, 2.24) is 0 Å².